The van der Waals surface area contributed by atoms with Crippen molar-refractivity contribution in [1.29, 1.82) is 5.26 Å². The molecule has 5 rings (SSSR count). The number of halogens is 4. The third-order valence-corrected chi connectivity index (χ3v) is 11.0. The number of benzene rings is 2. The maximum atomic E-state index is 13.9. The number of likely N-dealkylation sites (N-methyl/N-ethyl adjacent to an activating group) is 1. The average Bonchev–Trinajstić information content (AvgIpc) is 3.40. The van der Waals surface area contributed by atoms with Gasteiger partial charge in [-0.15, -0.1) is 0 Å². The zero-order valence-corrected chi connectivity index (χ0v) is 22.3. The second-order valence-corrected chi connectivity index (χ2v) is 13.0. The molecular weight excluding hydrogens is 559 g/mol. The van der Waals surface area contributed by atoms with Gasteiger partial charge in [-0.25, -0.2) is 21.6 Å². The van der Waals surface area contributed by atoms with Gasteiger partial charge in [0.1, 0.15) is 0 Å². The van der Waals surface area contributed by atoms with Crippen LogP contribution in [0.25, 0.3) is 0 Å². The van der Waals surface area contributed by atoms with Gasteiger partial charge in [-0.05, 0) is 55.7 Å². The summed E-state index contributed by atoms with van der Waals surface area (Å²) in [4.78, 5) is 18.0. The molecule has 2 N–H and O–H groups in total. The molecule has 2 aromatic rings. The maximum Gasteiger partial charge on any atom is 0.255 e. The van der Waals surface area contributed by atoms with Crippen molar-refractivity contribution in [3.8, 4) is 6.07 Å². The minimum absolute atomic E-state index is 0.0980. The number of anilines is 1. The van der Waals surface area contributed by atoms with E-state index in [1.807, 2.05) is 0 Å². The number of hydrogen-bond acceptors (Lipinski definition) is 7. The van der Waals surface area contributed by atoms with Gasteiger partial charge in [0.05, 0.1) is 45.4 Å². The third kappa shape index (κ3) is 4.80. The zero-order valence-electron chi connectivity index (χ0n) is 20.7. The summed E-state index contributed by atoms with van der Waals surface area (Å²) in [6.07, 6.45) is 1.43. The first-order valence-electron chi connectivity index (χ1n) is 12.3. The summed E-state index contributed by atoms with van der Waals surface area (Å²) in [6, 6.07) is 6.41. The summed E-state index contributed by atoms with van der Waals surface area (Å²) in [6.45, 7) is 0.151. The van der Waals surface area contributed by atoms with Gasteiger partial charge in [-0.2, -0.15) is 10.3 Å². The minimum Gasteiger partial charge on any atom is -0.388 e. The van der Waals surface area contributed by atoms with Crippen LogP contribution in [0.1, 0.15) is 36.0 Å². The highest BCUT2D eigenvalue weighted by molar-refractivity contribution is 7.92. The first-order chi connectivity index (χ1) is 18.4. The number of nitrogens with zero attached hydrogens (tertiary/aromatic N) is 2. The van der Waals surface area contributed by atoms with Crippen molar-refractivity contribution in [2.45, 2.75) is 47.5 Å². The quantitative estimate of drug-likeness (QED) is 0.509. The normalized spacial score (nSPS) is 30.7. The summed E-state index contributed by atoms with van der Waals surface area (Å²) >= 11 is 6.30. The minimum atomic E-state index is -4.09. The van der Waals surface area contributed by atoms with E-state index in [2.05, 4.69) is 11.4 Å². The summed E-state index contributed by atoms with van der Waals surface area (Å²) < 4.78 is 68.2. The Hall–Kier alpha value is -2.69. The number of sulfone groups is 1. The molecule has 0 spiro atoms. The van der Waals surface area contributed by atoms with Gasteiger partial charge in [0.15, 0.2) is 27.3 Å². The first kappa shape index (κ1) is 27.9. The van der Waals surface area contributed by atoms with Crippen LogP contribution in [0.2, 0.25) is 5.02 Å². The molecular formula is C26H25ClF3N3O5S. The van der Waals surface area contributed by atoms with E-state index in [9.17, 15) is 36.8 Å². The molecule has 0 radical (unpaired) electrons. The van der Waals surface area contributed by atoms with Crippen molar-refractivity contribution < 1.29 is 36.3 Å². The Balaban J connectivity index is 1.41. The predicted molar refractivity (Wildman–Crippen MR) is 134 cm³/mol. The first-order valence-corrected chi connectivity index (χ1v) is 14.2. The topological polar surface area (TPSA) is 120 Å². The smallest absolute Gasteiger partial charge is 0.255 e. The van der Waals surface area contributed by atoms with Crippen LogP contribution in [-0.4, -0.2) is 55.0 Å². The molecule has 8 nitrogen and oxygen atoms in total. The Labute approximate surface area is 228 Å². The van der Waals surface area contributed by atoms with Gasteiger partial charge < -0.3 is 10.4 Å². The molecule has 2 bridgehead atoms. The Bertz CT molecular complexity index is 1450. The lowest BCUT2D eigenvalue weighted by molar-refractivity contribution is -0.170. The Morgan fingerprint density at radius 1 is 1.18 bits per heavy atom. The van der Waals surface area contributed by atoms with E-state index >= 15 is 0 Å². The highest BCUT2D eigenvalue weighted by atomic mass is 35.5. The van der Waals surface area contributed by atoms with E-state index in [0.717, 1.165) is 6.07 Å². The van der Waals surface area contributed by atoms with Gasteiger partial charge in [0.2, 0.25) is 0 Å². The second kappa shape index (κ2) is 10.1. The highest BCUT2D eigenvalue weighted by Crippen LogP contribution is 2.54. The fourth-order valence-electron chi connectivity index (χ4n) is 6.60. The lowest BCUT2D eigenvalue weighted by atomic mass is 9.70. The number of fused-ring (bicyclic) bond motifs is 2. The summed E-state index contributed by atoms with van der Waals surface area (Å²) in [5.74, 6) is -6.92. The van der Waals surface area contributed by atoms with E-state index < -0.39 is 67.8 Å². The van der Waals surface area contributed by atoms with Gasteiger partial charge in [0.25, 0.3) is 5.91 Å². The molecule has 1 heterocycles. The van der Waals surface area contributed by atoms with Crippen LogP contribution in [0, 0.1) is 46.5 Å². The SMILES string of the molecule is CN1OCC(C#N)C1C1(O)CC2CC[C@@H](C1)C2S(=O)(=O)c1cc(C(=O)Nc2cc(F)c(F)c(F)c2)ccc1Cl. The number of hydrogen-bond donors (Lipinski definition) is 2. The van der Waals surface area contributed by atoms with Crippen molar-refractivity contribution in [2.75, 3.05) is 19.0 Å². The monoisotopic (exact) mass is 583 g/mol. The number of rotatable bonds is 5. The Kier molecular flexibility index (Phi) is 7.18. The molecule has 208 valence electrons. The molecule has 1 amide bonds. The molecule has 1 saturated heterocycles. The van der Waals surface area contributed by atoms with E-state index in [1.165, 1.54) is 17.2 Å². The van der Waals surface area contributed by atoms with Crippen molar-refractivity contribution in [3.05, 3.63) is 58.4 Å². The Morgan fingerprint density at radius 3 is 2.38 bits per heavy atom. The molecule has 2 saturated carbocycles. The van der Waals surface area contributed by atoms with Crippen LogP contribution in [0.15, 0.2) is 35.2 Å². The fraction of sp³-hybridized carbons (Fsp3) is 0.462. The molecule has 1 aliphatic heterocycles. The van der Waals surface area contributed by atoms with Crippen LogP contribution in [0.4, 0.5) is 18.9 Å². The maximum absolute atomic E-state index is 13.9. The average molecular weight is 584 g/mol. The van der Waals surface area contributed by atoms with E-state index in [-0.39, 0.29) is 40.6 Å². The van der Waals surface area contributed by atoms with Crippen molar-refractivity contribution >= 4 is 33.0 Å². The van der Waals surface area contributed by atoms with Crippen molar-refractivity contribution in [2.24, 2.45) is 17.8 Å². The van der Waals surface area contributed by atoms with Gasteiger partial charge in [-0.1, -0.05) is 11.6 Å². The number of hydroxylamine groups is 2. The van der Waals surface area contributed by atoms with Crippen LogP contribution < -0.4 is 5.32 Å². The van der Waals surface area contributed by atoms with E-state index in [0.29, 0.717) is 25.0 Å². The second-order valence-electron chi connectivity index (χ2n) is 10.5. The number of nitriles is 1. The molecule has 3 fully saturated rings. The molecule has 0 aromatic heterocycles. The van der Waals surface area contributed by atoms with Gasteiger partial charge in [-0.3, -0.25) is 9.63 Å². The van der Waals surface area contributed by atoms with Crippen molar-refractivity contribution in [1.82, 2.24) is 5.06 Å². The lowest BCUT2D eigenvalue weighted by Crippen LogP contribution is -2.57. The zero-order chi connectivity index (χ0) is 28.3. The molecule has 6 atom stereocenters. The van der Waals surface area contributed by atoms with Crippen LogP contribution in [-0.2, 0) is 14.7 Å². The standard InChI is InChI=1S/C26H25ClF3N3O5S/c1-33-24(16(11-31)12-38-33)26(35)9-14-2-3-15(10-26)23(14)39(36,37)21-6-13(4-5-18(21)27)25(34)32-17-7-19(28)22(30)20(29)8-17/h4-8,14-16,23-24,35H,2-3,9-10,12H2,1H3,(H,32,34)/t14-,15?,16?,23?,24?,26?/m0/s1. The summed E-state index contributed by atoms with van der Waals surface area (Å²) in [5, 5.41) is 23.9. The molecule has 3 aliphatic rings. The third-order valence-electron chi connectivity index (χ3n) is 8.12. The predicted octanol–water partition coefficient (Wildman–Crippen LogP) is 4.09. The largest absolute Gasteiger partial charge is 0.388 e. The van der Waals surface area contributed by atoms with E-state index in [4.69, 9.17) is 16.4 Å². The molecule has 39 heavy (non-hydrogen) atoms. The van der Waals surface area contributed by atoms with Crippen LogP contribution >= 0.6 is 11.6 Å². The van der Waals surface area contributed by atoms with Gasteiger partial charge in [0, 0.05) is 30.4 Å². The van der Waals surface area contributed by atoms with Crippen LogP contribution in [0.5, 0.6) is 0 Å². The summed E-state index contributed by atoms with van der Waals surface area (Å²) in [5.41, 5.74) is -1.80. The number of nitrogens with one attached hydrogen (secondary N) is 1. The lowest BCUT2D eigenvalue weighted by Gasteiger charge is -2.45. The van der Waals surface area contributed by atoms with E-state index in [1.54, 1.807) is 7.05 Å². The number of carbonyl (C=O) groups is 1. The fourth-order valence-corrected chi connectivity index (χ4v) is 9.44. The molecule has 13 heteroatoms. The summed E-state index contributed by atoms with van der Waals surface area (Å²) in [7, 11) is -2.44. The van der Waals surface area contributed by atoms with Crippen molar-refractivity contribution in [3.63, 3.8) is 0 Å². The molecule has 2 aliphatic carbocycles. The Morgan fingerprint density at radius 2 is 1.79 bits per heavy atom. The highest BCUT2D eigenvalue weighted by Gasteiger charge is 2.59. The van der Waals surface area contributed by atoms with Gasteiger partial charge >= 0.3 is 0 Å². The van der Waals surface area contributed by atoms with Crippen LogP contribution in [0.3, 0.4) is 0 Å². The number of carbonyl (C=O) groups excluding carboxylic acids is 1. The molecule has 2 aromatic carbocycles. The number of aliphatic hydroxyl groups is 1. The number of amides is 1. The molecule has 5 unspecified atom stereocenters.